The Morgan fingerprint density at radius 2 is 1.63 bits per heavy atom. The molecule has 0 unspecified atom stereocenters. The fraction of sp³-hybridized carbons (Fsp3) is 0.350. The van der Waals surface area contributed by atoms with Gasteiger partial charge < -0.3 is 9.64 Å². The molecule has 0 spiro atoms. The fourth-order valence-electron chi connectivity index (χ4n) is 3.12. The molecule has 30 heavy (non-hydrogen) atoms. The van der Waals surface area contributed by atoms with E-state index in [4.69, 9.17) is 4.74 Å². The minimum Gasteiger partial charge on any atom is -0.497 e. The van der Waals surface area contributed by atoms with Crippen LogP contribution in [0.4, 0.5) is 8.78 Å². The third-order valence-corrected chi connectivity index (χ3v) is 7.72. The minimum atomic E-state index is -4.30. The maximum Gasteiger partial charge on any atom is 0.249 e. The molecule has 0 saturated carbocycles. The second-order valence-corrected chi connectivity index (χ2v) is 9.65. The van der Waals surface area contributed by atoms with Gasteiger partial charge in [0.25, 0.3) is 0 Å². The van der Waals surface area contributed by atoms with Gasteiger partial charge in [0, 0.05) is 43.2 Å². The average Bonchev–Trinajstić information content (AvgIpc) is 2.74. The topological polar surface area (TPSA) is 66.9 Å². The number of thioether (sulfide) groups is 1. The highest BCUT2D eigenvalue weighted by Gasteiger charge is 2.33. The predicted octanol–water partition coefficient (Wildman–Crippen LogP) is 2.99. The standard InChI is InChI=1S/C20H22F2N2O4S2/c1-28-15-5-7-16(8-6-15)29-14-9-19(25)23-10-12-24(13-11-23)30(26,27)20-17(21)3-2-4-18(20)22/h2-8H,9-14H2,1H3. The maximum absolute atomic E-state index is 13.9. The Kier molecular flexibility index (Phi) is 7.32. The van der Waals surface area contributed by atoms with Gasteiger partial charge in [0.1, 0.15) is 17.4 Å². The number of carbonyl (C=O) groups excluding carboxylic acids is 1. The van der Waals surface area contributed by atoms with Crippen LogP contribution in [0.15, 0.2) is 52.3 Å². The molecule has 0 aliphatic carbocycles. The molecule has 0 aromatic heterocycles. The van der Waals surface area contributed by atoms with Gasteiger partial charge in [0.05, 0.1) is 7.11 Å². The van der Waals surface area contributed by atoms with Crippen molar-refractivity contribution in [2.75, 3.05) is 39.0 Å². The van der Waals surface area contributed by atoms with E-state index in [2.05, 4.69) is 0 Å². The average molecular weight is 457 g/mol. The van der Waals surface area contributed by atoms with Crippen LogP contribution in [0.3, 0.4) is 0 Å². The summed E-state index contributed by atoms with van der Waals surface area (Å²) < 4.78 is 59.2. The Bertz CT molecular complexity index is 972. The number of hydrogen-bond donors (Lipinski definition) is 0. The van der Waals surface area contributed by atoms with Crippen LogP contribution in [0.1, 0.15) is 6.42 Å². The van der Waals surface area contributed by atoms with Gasteiger partial charge in [-0.15, -0.1) is 11.8 Å². The molecule has 2 aromatic rings. The number of carbonyl (C=O) groups is 1. The van der Waals surface area contributed by atoms with Gasteiger partial charge >= 0.3 is 0 Å². The Morgan fingerprint density at radius 1 is 1.03 bits per heavy atom. The number of methoxy groups -OCH3 is 1. The normalized spacial score (nSPS) is 15.2. The number of piperazine rings is 1. The maximum atomic E-state index is 13.9. The lowest BCUT2D eigenvalue weighted by Gasteiger charge is -2.34. The third-order valence-electron chi connectivity index (χ3n) is 4.75. The van der Waals surface area contributed by atoms with Gasteiger partial charge in [0.2, 0.25) is 15.9 Å². The summed E-state index contributed by atoms with van der Waals surface area (Å²) in [5, 5.41) is 0. The molecule has 1 aliphatic heterocycles. The van der Waals surface area contributed by atoms with Gasteiger partial charge in [-0.3, -0.25) is 4.79 Å². The fourth-order valence-corrected chi connectivity index (χ4v) is 5.49. The Labute approximate surface area is 178 Å². The molecule has 0 radical (unpaired) electrons. The van der Waals surface area contributed by atoms with E-state index in [1.54, 1.807) is 23.8 Å². The molecule has 1 fully saturated rings. The molecule has 1 saturated heterocycles. The largest absolute Gasteiger partial charge is 0.497 e. The molecule has 6 nitrogen and oxygen atoms in total. The van der Waals surface area contributed by atoms with Crippen molar-refractivity contribution in [3.05, 3.63) is 54.1 Å². The van der Waals surface area contributed by atoms with Crippen LogP contribution in [0.5, 0.6) is 5.75 Å². The highest BCUT2D eigenvalue weighted by Crippen LogP contribution is 2.25. The van der Waals surface area contributed by atoms with Crippen molar-refractivity contribution in [3.63, 3.8) is 0 Å². The number of hydrogen-bond acceptors (Lipinski definition) is 5. The Hall–Kier alpha value is -2.17. The summed E-state index contributed by atoms with van der Waals surface area (Å²) in [5.41, 5.74) is 0. The molecule has 2 aromatic carbocycles. The molecule has 3 rings (SSSR count). The van der Waals surface area contributed by atoms with E-state index in [1.807, 2.05) is 24.3 Å². The van der Waals surface area contributed by atoms with Crippen LogP contribution in [0.2, 0.25) is 0 Å². The molecule has 0 atom stereocenters. The Morgan fingerprint density at radius 3 is 2.20 bits per heavy atom. The van der Waals surface area contributed by atoms with E-state index in [0.29, 0.717) is 12.2 Å². The summed E-state index contributed by atoms with van der Waals surface area (Å²) in [6.07, 6.45) is 0.311. The molecule has 1 aliphatic rings. The van der Waals surface area contributed by atoms with E-state index in [-0.39, 0.29) is 32.1 Å². The second-order valence-electron chi connectivity index (χ2n) is 6.61. The number of halogens is 2. The van der Waals surface area contributed by atoms with Gasteiger partial charge in [-0.1, -0.05) is 6.07 Å². The monoisotopic (exact) mass is 456 g/mol. The van der Waals surface area contributed by atoms with E-state index in [1.165, 1.54) is 0 Å². The van der Waals surface area contributed by atoms with Crippen molar-refractivity contribution >= 4 is 27.7 Å². The molecular weight excluding hydrogens is 434 g/mol. The first-order valence-electron chi connectivity index (χ1n) is 9.31. The highest BCUT2D eigenvalue weighted by atomic mass is 32.2. The lowest BCUT2D eigenvalue weighted by atomic mass is 10.3. The van der Waals surface area contributed by atoms with Gasteiger partial charge in [-0.05, 0) is 36.4 Å². The van der Waals surface area contributed by atoms with E-state index >= 15 is 0 Å². The predicted molar refractivity (Wildman–Crippen MR) is 110 cm³/mol. The Balaban J connectivity index is 1.51. The molecular formula is C20H22F2N2O4S2. The number of sulfonamides is 1. The van der Waals surface area contributed by atoms with Crippen molar-refractivity contribution in [2.45, 2.75) is 16.2 Å². The quantitative estimate of drug-likeness (QED) is 0.600. The summed E-state index contributed by atoms with van der Waals surface area (Å²) in [6, 6.07) is 10.5. The molecule has 0 bridgehead atoms. The molecule has 10 heteroatoms. The molecule has 162 valence electrons. The van der Waals surface area contributed by atoms with E-state index in [9.17, 15) is 22.0 Å². The van der Waals surface area contributed by atoms with Crippen molar-refractivity contribution in [2.24, 2.45) is 0 Å². The first-order chi connectivity index (χ1) is 14.3. The second kappa shape index (κ2) is 9.76. The van der Waals surface area contributed by atoms with Crippen LogP contribution in [0, 0.1) is 11.6 Å². The number of amides is 1. The third kappa shape index (κ3) is 5.11. The van der Waals surface area contributed by atoms with Gasteiger partial charge in [0.15, 0.2) is 4.90 Å². The summed E-state index contributed by atoms with van der Waals surface area (Å²) in [4.78, 5) is 14.1. The van der Waals surface area contributed by atoms with Crippen LogP contribution < -0.4 is 4.74 Å². The molecule has 1 amide bonds. The number of benzene rings is 2. The van der Waals surface area contributed by atoms with Crippen molar-refractivity contribution in [3.8, 4) is 5.75 Å². The smallest absolute Gasteiger partial charge is 0.249 e. The first kappa shape index (κ1) is 22.5. The van der Waals surface area contributed by atoms with Crippen LogP contribution in [-0.4, -0.2) is 62.6 Å². The van der Waals surface area contributed by atoms with Gasteiger partial charge in [-0.25, -0.2) is 17.2 Å². The molecule has 0 N–H and O–H groups in total. The zero-order chi connectivity index (χ0) is 21.7. The first-order valence-corrected chi connectivity index (χ1v) is 11.7. The molecule has 1 heterocycles. The lowest BCUT2D eigenvalue weighted by Crippen LogP contribution is -2.50. The lowest BCUT2D eigenvalue weighted by molar-refractivity contribution is -0.131. The van der Waals surface area contributed by atoms with E-state index < -0.39 is 26.6 Å². The van der Waals surface area contributed by atoms with Crippen LogP contribution in [-0.2, 0) is 14.8 Å². The number of nitrogens with zero attached hydrogens (tertiary/aromatic N) is 2. The SMILES string of the molecule is COc1ccc(SCCC(=O)N2CCN(S(=O)(=O)c3c(F)cccc3F)CC2)cc1. The van der Waals surface area contributed by atoms with Crippen molar-refractivity contribution < 1.29 is 26.7 Å². The van der Waals surface area contributed by atoms with Crippen molar-refractivity contribution in [1.82, 2.24) is 9.21 Å². The van der Waals surface area contributed by atoms with E-state index in [0.717, 1.165) is 33.1 Å². The minimum absolute atomic E-state index is 0.00648. The number of rotatable bonds is 7. The number of ether oxygens (including phenoxy) is 1. The summed E-state index contributed by atoms with van der Waals surface area (Å²) in [6.45, 7) is 0.351. The van der Waals surface area contributed by atoms with Crippen LogP contribution in [0.25, 0.3) is 0 Å². The summed E-state index contributed by atoms with van der Waals surface area (Å²) in [7, 11) is -2.70. The zero-order valence-corrected chi connectivity index (χ0v) is 18.0. The van der Waals surface area contributed by atoms with Crippen molar-refractivity contribution in [1.29, 1.82) is 0 Å². The van der Waals surface area contributed by atoms with Crippen LogP contribution >= 0.6 is 11.8 Å². The summed E-state index contributed by atoms with van der Waals surface area (Å²) in [5.74, 6) is -0.971. The highest BCUT2D eigenvalue weighted by molar-refractivity contribution is 7.99. The zero-order valence-electron chi connectivity index (χ0n) is 16.4. The summed E-state index contributed by atoms with van der Waals surface area (Å²) >= 11 is 1.54. The van der Waals surface area contributed by atoms with Gasteiger partial charge in [-0.2, -0.15) is 4.31 Å².